The molecule has 6 rings (SSSR count). The van der Waals surface area contributed by atoms with Crippen LogP contribution in [0.3, 0.4) is 0 Å². The van der Waals surface area contributed by atoms with E-state index in [1.165, 1.54) is 35.6 Å². The van der Waals surface area contributed by atoms with Crippen LogP contribution in [0.15, 0.2) is 36.9 Å². The summed E-state index contributed by atoms with van der Waals surface area (Å²) >= 11 is 0. The Bertz CT molecular complexity index is 1320. The Morgan fingerprint density at radius 1 is 1.15 bits per heavy atom. The van der Waals surface area contributed by atoms with Gasteiger partial charge in [0.05, 0.1) is 24.2 Å². The molecule has 0 saturated carbocycles. The van der Waals surface area contributed by atoms with Gasteiger partial charge in [0.25, 0.3) is 0 Å². The zero-order chi connectivity index (χ0) is 27.7. The summed E-state index contributed by atoms with van der Waals surface area (Å²) in [6, 6.07) is 11.8. The monoisotopic (exact) mass is 540 g/mol. The topological polar surface area (TPSA) is 85.6 Å². The van der Waals surface area contributed by atoms with E-state index in [9.17, 15) is 10.1 Å². The lowest BCUT2D eigenvalue weighted by atomic mass is 9.63. The molecule has 1 aromatic heterocycles. The fourth-order valence-electron chi connectivity index (χ4n) is 7.38. The summed E-state index contributed by atoms with van der Waals surface area (Å²) in [6.45, 7) is 7.12. The molecule has 0 bridgehead atoms. The minimum Gasteiger partial charge on any atom is -0.462 e. The number of ether oxygens (including phenoxy) is 1. The highest BCUT2D eigenvalue weighted by Gasteiger charge is 2.41. The number of rotatable bonds is 6. The van der Waals surface area contributed by atoms with Gasteiger partial charge < -0.3 is 19.4 Å². The van der Waals surface area contributed by atoms with Crippen molar-refractivity contribution in [2.45, 2.75) is 69.9 Å². The Labute approximate surface area is 237 Å². The van der Waals surface area contributed by atoms with Gasteiger partial charge in [-0.25, -0.2) is 0 Å². The predicted molar refractivity (Wildman–Crippen MR) is 154 cm³/mol. The molecule has 3 unspecified atom stereocenters. The van der Waals surface area contributed by atoms with Crippen molar-refractivity contribution >= 4 is 11.7 Å². The van der Waals surface area contributed by atoms with Gasteiger partial charge in [-0.05, 0) is 87.6 Å². The molecule has 40 heavy (non-hydrogen) atoms. The van der Waals surface area contributed by atoms with Crippen molar-refractivity contribution in [2.24, 2.45) is 5.41 Å². The van der Waals surface area contributed by atoms with Gasteiger partial charge in [0.2, 0.25) is 5.91 Å². The van der Waals surface area contributed by atoms with Crippen LogP contribution in [0.1, 0.15) is 54.5 Å². The van der Waals surface area contributed by atoms with E-state index in [0.717, 1.165) is 56.6 Å². The number of likely N-dealkylation sites (N-methyl/N-ethyl adjacent to an activating group) is 1. The number of carbonyl (C=O) groups is 1. The largest absolute Gasteiger partial charge is 0.462 e. The number of aryl methyl sites for hydroxylation is 1. The standard InChI is InChI=1S/C32H40N6O2/c1-3-29(39)38-18-17-37(21-25(38)12-15-33)30-27-11-14-32(13-10-23-7-4-5-8-24(23)19-32)20-28(27)34-31(35-30)40-22-26-9-6-16-36(26)2/h3-5,7-8,25-26H,1,6,9-14,16-22H2,2H3. The molecule has 2 aliphatic carbocycles. The van der Waals surface area contributed by atoms with E-state index in [0.29, 0.717) is 38.3 Å². The van der Waals surface area contributed by atoms with Crippen LogP contribution in [0.25, 0.3) is 0 Å². The molecule has 2 fully saturated rings. The van der Waals surface area contributed by atoms with Crippen molar-refractivity contribution < 1.29 is 9.53 Å². The molecule has 2 saturated heterocycles. The van der Waals surface area contributed by atoms with Gasteiger partial charge in [-0.15, -0.1) is 0 Å². The fraction of sp³-hybridized carbons (Fsp3) is 0.562. The first-order valence-corrected chi connectivity index (χ1v) is 14.8. The Kier molecular flexibility index (Phi) is 7.50. The van der Waals surface area contributed by atoms with E-state index >= 15 is 0 Å². The lowest BCUT2D eigenvalue weighted by Crippen LogP contribution is -2.55. The molecule has 4 aliphatic rings. The van der Waals surface area contributed by atoms with Crippen LogP contribution in [0.5, 0.6) is 6.01 Å². The van der Waals surface area contributed by atoms with Crippen LogP contribution in [0.2, 0.25) is 0 Å². The SMILES string of the molecule is C=CC(=O)N1CCN(c2nc(OCC3CCCN3C)nc3c2CCC2(CCc4ccccc4C2)C3)CC1CC#N. The summed E-state index contributed by atoms with van der Waals surface area (Å²) in [4.78, 5) is 29.0. The number of carbonyl (C=O) groups excluding carboxylic acids is 1. The van der Waals surface area contributed by atoms with Gasteiger partial charge in [-0.1, -0.05) is 30.8 Å². The van der Waals surface area contributed by atoms with Crippen molar-refractivity contribution in [3.05, 3.63) is 59.3 Å². The van der Waals surface area contributed by atoms with Crippen LogP contribution >= 0.6 is 0 Å². The second-order valence-corrected chi connectivity index (χ2v) is 12.2. The molecule has 0 N–H and O–H groups in total. The Balaban J connectivity index is 1.30. The normalized spacial score (nSPS) is 26.2. The van der Waals surface area contributed by atoms with E-state index in [1.54, 1.807) is 4.90 Å². The molecule has 0 radical (unpaired) electrons. The molecular formula is C32H40N6O2. The quantitative estimate of drug-likeness (QED) is 0.516. The number of benzene rings is 1. The number of anilines is 1. The van der Waals surface area contributed by atoms with Crippen LogP contribution < -0.4 is 9.64 Å². The summed E-state index contributed by atoms with van der Waals surface area (Å²) in [7, 11) is 2.16. The smallest absolute Gasteiger partial charge is 0.318 e. The maximum atomic E-state index is 12.5. The third-order valence-electron chi connectivity index (χ3n) is 9.75. The second kappa shape index (κ2) is 11.2. The summed E-state index contributed by atoms with van der Waals surface area (Å²) < 4.78 is 6.32. The number of aromatic nitrogens is 2. The zero-order valence-corrected chi connectivity index (χ0v) is 23.6. The lowest BCUT2D eigenvalue weighted by Gasteiger charge is -2.44. The Morgan fingerprint density at radius 2 is 1.98 bits per heavy atom. The first-order valence-electron chi connectivity index (χ1n) is 14.8. The number of piperazine rings is 1. The molecule has 1 spiro atoms. The summed E-state index contributed by atoms with van der Waals surface area (Å²) in [6.07, 6.45) is 10.3. The van der Waals surface area contributed by atoms with E-state index in [2.05, 4.69) is 53.8 Å². The number of hydrogen-bond donors (Lipinski definition) is 0. The number of amides is 1. The molecule has 2 aromatic rings. The number of nitrogens with zero attached hydrogens (tertiary/aromatic N) is 6. The summed E-state index contributed by atoms with van der Waals surface area (Å²) in [5, 5.41) is 9.51. The molecule has 3 atom stereocenters. The van der Waals surface area contributed by atoms with Crippen LogP contribution in [-0.4, -0.2) is 77.6 Å². The number of nitriles is 1. The molecule has 1 amide bonds. The first-order chi connectivity index (χ1) is 19.5. The zero-order valence-electron chi connectivity index (χ0n) is 23.6. The van der Waals surface area contributed by atoms with Gasteiger partial charge >= 0.3 is 6.01 Å². The average molecular weight is 541 g/mol. The molecule has 210 valence electrons. The fourth-order valence-corrected chi connectivity index (χ4v) is 7.38. The lowest BCUT2D eigenvalue weighted by molar-refractivity contribution is -0.128. The Morgan fingerprint density at radius 3 is 2.75 bits per heavy atom. The van der Waals surface area contributed by atoms with E-state index in [1.807, 2.05) is 0 Å². The maximum absolute atomic E-state index is 12.5. The molecule has 2 aliphatic heterocycles. The van der Waals surface area contributed by atoms with Gasteiger partial charge in [0, 0.05) is 31.2 Å². The van der Waals surface area contributed by atoms with Crippen molar-refractivity contribution in [1.82, 2.24) is 19.8 Å². The first kappa shape index (κ1) is 26.8. The summed E-state index contributed by atoms with van der Waals surface area (Å²) in [5.74, 6) is 0.813. The van der Waals surface area contributed by atoms with E-state index < -0.39 is 0 Å². The van der Waals surface area contributed by atoms with Crippen LogP contribution in [-0.2, 0) is 30.5 Å². The van der Waals surface area contributed by atoms with Gasteiger partial charge in [0.1, 0.15) is 12.4 Å². The highest BCUT2D eigenvalue weighted by Crippen LogP contribution is 2.46. The molecule has 8 heteroatoms. The number of likely N-dealkylation sites (tertiary alicyclic amines) is 1. The number of fused-ring (bicyclic) bond motifs is 2. The van der Waals surface area contributed by atoms with Crippen LogP contribution in [0, 0.1) is 16.7 Å². The Hall–Kier alpha value is -3.44. The number of hydrogen-bond acceptors (Lipinski definition) is 7. The maximum Gasteiger partial charge on any atom is 0.318 e. The van der Waals surface area contributed by atoms with Gasteiger partial charge in [-0.2, -0.15) is 15.2 Å². The molecule has 1 aromatic carbocycles. The highest BCUT2D eigenvalue weighted by atomic mass is 16.5. The molecular weight excluding hydrogens is 500 g/mol. The van der Waals surface area contributed by atoms with Crippen molar-refractivity contribution in [3.8, 4) is 12.1 Å². The predicted octanol–water partition coefficient (Wildman–Crippen LogP) is 3.73. The molecule has 3 heterocycles. The van der Waals surface area contributed by atoms with Crippen LogP contribution in [0.4, 0.5) is 5.82 Å². The highest BCUT2D eigenvalue weighted by molar-refractivity contribution is 5.87. The molecule has 8 nitrogen and oxygen atoms in total. The second-order valence-electron chi connectivity index (χ2n) is 12.2. The van der Waals surface area contributed by atoms with Crippen molar-refractivity contribution in [2.75, 3.05) is 44.7 Å². The summed E-state index contributed by atoms with van der Waals surface area (Å²) in [5.41, 5.74) is 5.52. The van der Waals surface area contributed by atoms with Gasteiger partial charge in [-0.3, -0.25) is 4.79 Å². The van der Waals surface area contributed by atoms with E-state index in [-0.39, 0.29) is 23.8 Å². The minimum absolute atomic E-state index is 0.117. The van der Waals surface area contributed by atoms with Crippen molar-refractivity contribution in [1.29, 1.82) is 5.26 Å². The minimum atomic E-state index is -0.198. The van der Waals surface area contributed by atoms with E-state index in [4.69, 9.17) is 14.7 Å². The van der Waals surface area contributed by atoms with Gasteiger partial charge in [0.15, 0.2) is 0 Å². The van der Waals surface area contributed by atoms with Crippen molar-refractivity contribution in [3.63, 3.8) is 0 Å². The third-order valence-corrected chi connectivity index (χ3v) is 9.75. The average Bonchev–Trinajstić information content (AvgIpc) is 3.39. The third kappa shape index (κ3) is 5.19.